The molecule has 1 aromatic heterocycles. The van der Waals surface area contributed by atoms with Crippen molar-refractivity contribution in [2.75, 3.05) is 0 Å². The molecule has 0 aliphatic rings. The van der Waals surface area contributed by atoms with Gasteiger partial charge in [0.05, 0.1) is 12.6 Å². The number of benzene rings is 4. The summed E-state index contributed by atoms with van der Waals surface area (Å²) in [6.45, 7) is 18.8. The molecular weight excluding hydrogens is 490 g/mol. The van der Waals surface area contributed by atoms with Gasteiger partial charge in [-0.25, -0.2) is 4.85 Å². The molecule has 5 aromatic rings. The minimum atomic E-state index is -0.0819. The monoisotopic (exact) mass is 525 g/mol. The molecule has 0 aliphatic heterocycles. The number of hydrogen-bond acceptors (Lipinski definition) is 1. The Balaban J connectivity index is 1.35. The highest BCUT2D eigenvalue weighted by Gasteiger charge is 2.16. The van der Waals surface area contributed by atoms with Crippen LogP contribution in [0.5, 0.6) is 0 Å². The van der Waals surface area contributed by atoms with Crippen LogP contribution in [0.2, 0.25) is 0 Å². The first-order valence-corrected chi connectivity index (χ1v) is 13.8. The highest BCUT2D eigenvalue weighted by molar-refractivity contribution is 5.99. The number of hydrogen-bond donors (Lipinski definition) is 1. The van der Waals surface area contributed by atoms with Crippen molar-refractivity contribution in [3.8, 4) is 11.1 Å². The van der Waals surface area contributed by atoms with Crippen molar-refractivity contribution in [1.82, 2.24) is 9.88 Å². The molecule has 4 heteroatoms. The van der Waals surface area contributed by atoms with Crippen molar-refractivity contribution in [2.24, 2.45) is 0 Å². The fraction of sp³-hybridized carbons (Fsp3) is 0.222. The van der Waals surface area contributed by atoms with Crippen LogP contribution in [0.4, 0.5) is 5.69 Å². The third kappa shape index (κ3) is 5.28. The summed E-state index contributed by atoms with van der Waals surface area (Å²) in [4.78, 5) is 16.9. The highest BCUT2D eigenvalue weighted by Crippen LogP contribution is 2.31. The Morgan fingerprint density at radius 1 is 0.875 bits per heavy atom. The maximum Gasteiger partial charge on any atom is 0.251 e. The second-order valence-electron chi connectivity index (χ2n) is 10.9. The van der Waals surface area contributed by atoms with E-state index in [1.807, 2.05) is 43.3 Å². The molecule has 40 heavy (non-hydrogen) atoms. The van der Waals surface area contributed by atoms with E-state index < -0.39 is 0 Å². The topological polar surface area (TPSA) is 38.4 Å². The number of carbonyl (C=O) groups excluding carboxylic acids is 1. The lowest BCUT2D eigenvalue weighted by molar-refractivity contribution is 0.0940. The molecule has 1 atom stereocenters. The Bertz CT molecular complexity index is 1720. The normalized spacial score (nSPS) is 11.9. The molecule has 0 aliphatic carbocycles. The third-order valence-corrected chi connectivity index (χ3v) is 7.98. The maximum atomic E-state index is 13.2. The average molecular weight is 526 g/mol. The number of fused-ring (bicyclic) bond motifs is 1. The number of carbonyl (C=O) groups is 1. The van der Waals surface area contributed by atoms with Crippen molar-refractivity contribution in [3.05, 3.63) is 136 Å². The zero-order chi connectivity index (χ0) is 28.4. The summed E-state index contributed by atoms with van der Waals surface area (Å²) in [6.07, 6.45) is 0. The molecule has 0 fully saturated rings. The van der Waals surface area contributed by atoms with E-state index in [1.54, 1.807) is 0 Å². The number of amides is 1. The van der Waals surface area contributed by atoms with Gasteiger partial charge in [0.15, 0.2) is 5.69 Å². The van der Waals surface area contributed by atoms with Gasteiger partial charge < -0.3 is 9.88 Å². The molecule has 5 rings (SSSR count). The number of nitrogens with zero attached hydrogens (tertiary/aromatic N) is 2. The van der Waals surface area contributed by atoms with E-state index in [2.05, 4.69) is 97.0 Å². The number of aryl methyl sites for hydroxylation is 1. The Morgan fingerprint density at radius 3 is 2.23 bits per heavy atom. The summed E-state index contributed by atoms with van der Waals surface area (Å²) in [7, 11) is 0. The molecule has 4 nitrogen and oxygen atoms in total. The predicted octanol–water partition coefficient (Wildman–Crippen LogP) is 9.14. The van der Waals surface area contributed by atoms with Crippen LogP contribution in [0.3, 0.4) is 0 Å². The molecule has 200 valence electrons. The average Bonchev–Trinajstić information content (AvgIpc) is 3.21. The van der Waals surface area contributed by atoms with Gasteiger partial charge in [0.1, 0.15) is 0 Å². The lowest BCUT2D eigenvalue weighted by Crippen LogP contribution is -2.26. The summed E-state index contributed by atoms with van der Waals surface area (Å²) < 4.78 is 2.31. The van der Waals surface area contributed by atoms with Crippen molar-refractivity contribution in [1.29, 1.82) is 0 Å². The van der Waals surface area contributed by atoms with Gasteiger partial charge in [0, 0.05) is 28.7 Å². The number of nitrogens with one attached hydrogen (secondary N) is 1. The van der Waals surface area contributed by atoms with Crippen LogP contribution < -0.4 is 5.32 Å². The maximum absolute atomic E-state index is 13.2. The molecule has 0 radical (unpaired) electrons. The van der Waals surface area contributed by atoms with Crippen LogP contribution in [0, 0.1) is 20.4 Å². The SMILES string of the molecule is [C-]#[N+]c1ccccc1-c1ccc(Cn2c(C)c(C)c3cc(C(=O)N[C@@H](C)c4ccc(C(C)C)cc4)ccc32)cc1. The molecule has 1 amide bonds. The van der Waals surface area contributed by atoms with E-state index in [0.717, 1.165) is 34.1 Å². The molecule has 0 spiro atoms. The van der Waals surface area contributed by atoms with Crippen LogP contribution in [0.1, 0.15) is 71.0 Å². The van der Waals surface area contributed by atoms with Gasteiger partial charge in [-0.3, -0.25) is 4.79 Å². The largest absolute Gasteiger partial charge is 0.346 e. The number of rotatable bonds is 7. The van der Waals surface area contributed by atoms with Crippen LogP contribution in [-0.4, -0.2) is 10.5 Å². The zero-order valence-electron chi connectivity index (χ0n) is 23.8. The van der Waals surface area contributed by atoms with E-state index in [4.69, 9.17) is 6.57 Å². The fourth-order valence-electron chi connectivity index (χ4n) is 5.32. The van der Waals surface area contributed by atoms with Crippen molar-refractivity contribution >= 4 is 22.5 Å². The quantitative estimate of drug-likeness (QED) is 0.211. The van der Waals surface area contributed by atoms with Gasteiger partial charge in [0.2, 0.25) is 0 Å². The summed E-state index contributed by atoms with van der Waals surface area (Å²) >= 11 is 0. The van der Waals surface area contributed by atoms with Gasteiger partial charge in [0.25, 0.3) is 5.91 Å². The Kier molecular flexibility index (Phi) is 7.58. The molecule has 0 saturated heterocycles. The van der Waals surface area contributed by atoms with Gasteiger partial charge >= 0.3 is 0 Å². The Hall–Kier alpha value is -4.62. The smallest absolute Gasteiger partial charge is 0.251 e. The molecule has 1 heterocycles. The van der Waals surface area contributed by atoms with Crippen molar-refractivity contribution in [2.45, 2.75) is 53.1 Å². The Labute approximate surface area is 237 Å². The summed E-state index contributed by atoms with van der Waals surface area (Å²) in [5.41, 5.74) is 10.4. The van der Waals surface area contributed by atoms with E-state index in [0.29, 0.717) is 17.2 Å². The van der Waals surface area contributed by atoms with Gasteiger partial charge in [-0.1, -0.05) is 86.6 Å². The first kappa shape index (κ1) is 27.0. The molecule has 4 aromatic carbocycles. The van der Waals surface area contributed by atoms with E-state index >= 15 is 0 Å². The lowest BCUT2D eigenvalue weighted by Gasteiger charge is -2.16. The van der Waals surface area contributed by atoms with E-state index in [-0.39, 0.29) is 11.9 Å². The minimum absolute atomic E-state index is 0.0672. The van der Waals surface area contributed by atoms with Crippen LogP contribution in [-0.2, 0) is 6.54 Å². The van der Waals surface area contributed by atoms with Crippen molar-refractivity contribution < 1.29 is 4.79 Å². The minimum Gasteiger partial charge on any atom is -0.346 e. The van der Waals surface area contributed by atoms with Crippen LogP contribution >= 0.6 is 0 Å². The molecular formula is C36H35N3O. The molecule has 0 bridgehead atoms. The standard InChI is InChI=1S/C36H35N3O/c1-23(2)28-15-17-29(18-16-28)25(4)38-36(40)31-19-20-35-33(21-31)24(3)26(5)39(35)22-27-11-13-30(14-12-27)32-9-7-8-10-34(32)37-6/h7-21,23,25H,22H2,1-5H3,(H,38,40)/t25-/m0/s1. The first-order valence-electron chi connectivity index (χ1n) is 13.8. The van der Waals surface area contributed by atoms with Gasteiger partial charge in [-0.15, -0.1) is 0 Å². The lowest BCUT2D eigenvalue weighted by atomic mass is 9.99. The predicted molar refractivity (Wildman–Crippen MR) is 165 cm³/mol. The molecule has 0 saturated carbocycles. The second kappa shape index (κ2) is 11.2. The van der Waals surface area contributed by atoms with E-state index in [1.165, 1.54) is 22.4 Å². The van der Waals surface area contributed by atoms with E-state index in [9.17, 15) is 4.79 Å². The molecule has 0 unspecified atom stereocenters. The summed E-state index contributed by atoms with van der Waals surface area (Å²) in [5.74, 6) is 0.416. The van der Waals surface area contributed by atoms with Crippen LogP contribution in [0.25, 0.3) is 26.9 Å². The summed E-state index contributed by atoms with van der Waals surface area (Å²) in [6, 6.07) is 30.6. The number of para-hydroxylation sites is 1. The van der Waals surface area contributed by atoms with Gasteiger partial charge in [-0.05, 0) is 78.3 Å². The molecule has 1 N–H and O–H groups in total. The zero-order valence-corrected chi connectivity index (χ0v) is 23.8. The van der Waals surface area contributed by atoms with Gasteiger partial charge in [-0.2, -0.15) is 0 Å². The Morgan fingerprint density at radius 2 is 1.55 bits per heavy atom. The highest BCUT2D eigenvalue weighted by atomic mass is 16.1. The summed E-state index contributed by atoms with van der Waals surface area (Å²) in [5, 5.41) is 4.27. The first-order chi connectivity index (χ1) is 19.3. The second-order valence-corrected chi connectivity index (χ2v) is 10.9. The van der Waals surface area contributed by atoms with Crippen LogP contribution in [0.15, 0.2) is 91.0 Å². The number of aromatic nitrogens is 1. The third-order valence-electron chi connectivity index (χ3n) is 7.98. The fourth-order valence-corrected chi connectivity index (χ4v) is 5.32. The van der Waals surface area contributed by atoms with Crippen molar-refractivity contribution in [3.63, 3.8) is 0 Å².